The molecule has 0 aliphatic carbocycles. The molecular formula is C17H27N3O. The number of hydrogen-bond donors (Lipinski definition) is 1. The minimum atomic E-state index is 0.0747. The monoisotopic (exact) mass is 289 g/mol. The molecule has 1 amide bonds. The summed E-state index contributed by atoms with van der Waals surface area (Å²) in [5.41, 5.74) is 1.55. The molecule has 0 unspecified atom stereocenters. The second kappa shape index (κ2) is 8.01. The summed E-state index contributed by atoms with van der Waals surface area (Å²) in [5.74, 6) is 0.764. The molecule has 1 aliphatic rings. The van der Waals surface area contributed by atoms with E-state index in [1.165, 1.54) is 12.8 Å². The van der Waals surface area contributed by atoms with Gasteiger partial charge in [0.05, 0.1) is 11.9 Å². The first-order valence-corrected chi connectivity index (χ1v) is 8.16. The highest BCUT2D eigenvalue weighted by Crippen LogP contribution is 2.14. The molecule has 0 saturated carbocycles. The topological polar surface area (TPSA) is 45.2 Å². The number of aromatic nitrogens is 1. The third kappa shape index (κ3) is 5.03. The van der Waals surface area contributed by atoms with Crippen molar-refractivity contribution in [3.8, 4) is 0 Å². The lowest BCUT2D eigenvalue weighted by Gasteiger charge is -2.19. The first-order chi connectivity index (χ1) is 10.2. The van der Waals surface area contributed by atoms with E-state index in [9.17, 15) is 4.79 Å². The normalized spacial score (nSPS) is 15.9. The molecule has 1 fully saturated rings. The van der Waals surface area contributed by atoms with Crippen molar-refractivity contribution < 1.29 is 4.79 Å². The van der Waals surface area contributed by atoms with Gasteiger partial charge in [0.2, 0.25) is 0 Å². The molecule has 0 bridgehead atoms. The molecule has 1 aromatic heterocycles. The Morgan fingerprint density at radius 3 is 2.52 bits per heavy atom. The number of nitrogens with zero attached hydrogens (tertiary/aromatic N) is 2. The quantitative estimate of drug-likeness (QED) is 0.901. The summed E-state index contributed by atoms with van der Waals surface area (Å²) >= 11 is 0. The molecule has 116 valence electrons. The van der Waals surface area contributed by atoms with Crippen LogP contribution in [0, 0.1) is 5.92 Å². The third-order valence-electron chi connectivity index (χ3n) is 3.93. The van der Waals surface area contributed by atoms with Crippen LogP contribution in [-0.4, -0.2) is 35.4 Å². The fourth-order valence-corrected chi connectivity index (χ4v) is 2.57. The lowest BCUT2D eigenvalue weighted by Crippen LogP contribution is -2.32. The van der Waals surface area contributed by atoms with Gasteiger partial charge >= 0.3 is 0 Å². The Hall–Kier alpha value is -1.58. The van der Waals surface area contributed by atoms with Crippen LogP contribution in [0.25, 0.3) is 0 Å². The van der Waals surface area contributed by atoms with Crippen molar-refractivity contribution in [3.63, 3.8) is 0 Å². The Morgan fingerprint density at radius 2 is 1.95 bits per heavy atom. The Labute approximate surface area is 127 Å². The lowest BCUT2D eigenvalue weighted by atomic mass is 10.1. The molecule has 0 atom stereocenters. The number of pyridine rings is 1. The maximum absolute atomic E-state index is 12.4. The summed E-state index contributed by atoms with van der Waals surface area (Å²) in [6, 6.07) is 3.79. The maximum atomic E-state index is 12.4. The van der Waals surface area contributed by atoms with Crippen molar-refractivity contribution in [2.24, 2.45) is 5.92 Å². The molecule has 0 spiro atoms. The van der Waals surface area contributed by atoms with Crippen molar-refractivity contribution in [1.29, 1.82) is 0 Å². The fraction of sp³-hybridized carbons (Fsp3) is 0.647. The van der Waals surface area contributed by atoms with Crippen LogP contribution < -0.4 is 5.32 Å². The minimum Gasteiger partial charge on any atom is -0.384 e. The van der Waals surface area contributed by atoms with Gasteiger partial charge in [-0.3, -0.25) is 4.79 Å². The Bertz CT molecular complexity index is 434. The Kier molecular flexibility index (Phi) is 6.03. The predicted molar refractivity (Wildman–Crippen MR) is 86.6 cm³/mol. The first-order valence-electron chi connectivity index (χ1n) is 8.16. The predicted octanol–water partition coefficient (Wildman–Crippen LogP) is 3.56. The van der Waals surface area contributed by atoms with Crippen LogP contribution in [0.4, 0.5) is 5.69 Å². The number of rotatable bonds is 5. The molecular weight excluding hydrogens is 262 g/mol. The fourth-order valence-electron chi connectivity index (χ4n) is 2.57. The molecule has 0 aromatic carbocycles. The molecule has 1 N–H and O–H groups in total. The van der Waals surface area contributed by atoms with Crippen LogP contribution >= 0.6 is 0 Å². The van der Waals surface area contributed by atoms with E-state index in [1.54, 1.807) is 6.20 Å². The highest BCUT2D eigenvalue weighted by molar-refractivity contribution is 5.92. The molecule has 1 aromatic rings. The molecule has 1 aliphatic heterocycles. The molecule has 1 saturated heterocycles. The zero-order valence-corrected chi connectivity index (χ0v) is 13.3. The summed E-state index contributed by atoms with van der Waals surface area (Å²) in [4.78, 5) is 18.7. The Balaban J connectivity index is 1.89. The smallest absolute Gasteiger partial charge is 0.272 e. The van der Waals surface area contributed by atoms with E-state index in [-0.39, 0.29) is 5.91 Å². The van der Waals surface area contributed by atoms with Crippen molar-refractivity contribution in [1.82, 2.24) is 9.88 Å². The largest absolute Gasteiger partial charge is 0.384 e. The SMILES string of the molecule is CC(C)CCNc1ccc(C(=O)N2CCCCCC2)nc1. The zero-order chi connectivity index (χ0) is 15.1. The summed E-state index contributed by atoms with van der Waals surface area (Å²) in [6.07, 6.45) is 7.59. The van der Waals surface area contributed by atoms with Crippen LogP contribution in [-0.2, 0) is 0 Å². The van der Waals surface area contributed by atoms with Gasteiger partial charge < -0.3 is 10.2 Å². The van der Waals surface area contributed by atoms with E-state index >= 15 is 0 Å². The second-order valence-corrected chi connectivity index (χ2v) is 6.25. The van der Waals surface area contributed by atoms with Crippen molar-refractivity contribution in [3.05, 3.63) is 24.0 Å². The maximum Gasteiger partial charge on any atom is 0.272 e. The number of carbonyl (C=O) groups excluding carboxylic acids is 1. The molecule has 2 rings (SSSR count). The summed E-state index contributed by atoms with van der Waals surface area (Å²) in [6.45, 7) is 7.11. The average molecular weight is 289 g/mol. The van der Waals surface area contributed by atoms with E-state index in [0.717, 1.165) is 44.6 Å². The van der Waals surface area contributed by atoms with Gasteiger partial charge in [-0.1, -0.05) is 26.7 Å². The third-order valence-corrected chi connectivity index (χ3v) is 3.93. The molecule has 21 heavy (non-hydrogen) atoms. The number of amides is 1. The van der Waals surface area contributed by atoms with Crippen LogP contribution in [0.2, 0.25) is 0 Å². The molecule has 4 heteroatoms. The van der Waals surface area contributed by atoms with Gasteiger partial charge in [-0.15, -0.1) is 0 Å². The molecule has 4 nitrogen and oxygen atoms in total. The van der Waals surface area contributed by atoms with Crippen molar-refractivity contribution >= 4 is 11.6 Å². The van der Waals surface area contributed by atoms with E-state index in [1.807, 2.05) is 17.0 Å². The van der Waals surface area contributed by atoms with Gasteiger partial charge in [0, 0.05) is 19.6 Å². The van der Waals surface area contributed by atoms with Gasteiger partial charge in [0.1, 0.15) is 5.69 Å². The number of nitrogens with one attached hydrogen (secondary N) is 1. The zero-order valence-electron chi connectivity index (χ0n) is 13.3. The van der Waals surface area contributed by atoms with Gasteiger partial charge in [0.15, 0.2) is 0 Å². The van der Waals surface area contributed by atoms with Crippen LogP contribution in [0.3, 0.4) is 0 Å². The van der Waals surface area contributed by atoms with E-state index in [4.69, 9.17) is 0 Å². The van der Waals surface area contributed by atoms with Gasteiger partial charge in [0.25, 0.3) is 5.91 Å². The van der Waals surface area contributed by atoms with Gasteiger partial charge in [-0.25, -0.2) is 4.98 Å². The summed E-state index contributed by atoms with van der Waals surface area (Å²) in [5, 5.41) is 3.34. The van der Waals surface area contributed by atoms with Crippen LogP contribution in [0.15, 0.2) is 18.3 Å². The van der Waals surface area contributed by atoms with Crippen LogP contribution in [0.1, 0.15) is 56.4 Å². The first kappa shape index (κ1) is 15.8. The number of likely N-dealkylation sites (tertiary alicyclic amines) is 1. The number of anilines is 1. The highest BCUT2D eigenvalue weighted by Gasteiger charge is 2.18. The lowest BCUT2D eigenvalue weighted by molar-refractivity contribution is 0.0756. The standard InChI is InChI=1S/C17H27N3O/c1-14(2)9-10-18-15-7-8-16(19-13-15)17(21)20-11-5-3-4-6-12-20/h7-8,13-14,18H,3-6,9-12H2,1-2H3. The van der Waals surface area contributed by atoms with E-state index in [2.05, 4.69) is 24.1 Å². The molecule has 0 radical (unpaired) electrons. The summed E-state index contributed by atoms with van der Waals surface area (Å²) < 4.78 is 0. The van der Waals surface area contributed by atoms with Gasteiger partial charge in [-0.2, -0.15) is 0 Å². The van der Waals surface area contributed by atoms with E-state index < -0.39 is 0 Å². The van der Waals surface area contributed by atoms with Gasteiger partial charge in [-0.05, 0) is 37.3 Å². The van der Waals surface area contributed by atoms with Crippen molar-refractivity contribution in [2.75, 3.05) is 25.0 Å². The number of hydrogen-bond acceptors (Lipinski definition) is 3. The average Bonchev–Trinajstić information content (AvgIpc) is 2.76. The minimum absolute atomic E-state index is 0.0747. The molecule has 2 heterocycles. The Morgan fingerprint density at radius 1 is 1.24 bits per heavy atom. The highest BCUT2D eigenvalue weighted by atomic mass is 16.2. The van der Waals surface area contributed by atoms with E-state index in [0.29, 0.717) is 11.6 Å². The summed E-state index contributed by atoms with van der Waals surface area (Å²) in [7, 11) is 0. The number of carbonyl (C=O) groups is 1. The van der Waals surface area contributed by atoms with Crippen molar-refractivity contribution in [2.45, 2.75) is 46.0 Å². The van der Waals surface area contributed by atoms with Crippen LogP contribution in [0.5, 0.6) is 0 Å². The second-order valence-electron chi connectivity index (χ2n) is 6.25.